The van der Waals surface area contributed by atoms with E-state index in [1.807, 2.05) is 30.2 Å². The van der Waals surface area contributed by atoms with Crippen molar-refractivity contribution in [3.8, 4) is 0 Å². The van der Waals surface area contributed by atoms with Gasteiger partial charge in [0.2, 0.25) is 0 Å². The van der Waals surface area contributed by atoms with Crippen LogP contribution in [0.4, 0.5) is 0 Å². The van der Waals surface area contributed by atoms with E-state index in [9.17, 15) is 0 Å². The van der Waals surface area contributed by atoms with E-state index < -0.39 is 0 Å². The summed E-state index contributed by atoms with van der Waals surface area (Å²) < 4.78 is 1.95. The van der Waals surface area contributed by atoms with Crippen molar-refractivity contribution in [2.45, 2.75) is 25.4 Å². The summed E-state index contributed by atoms with van der Waals surface area (Å²) in [5.74, 6) is 2.22. The monoisotopic (exact) mass is 373 g/mol. The molecular weight excluding hydrogens is 346 g/mol. The first-order chi connectivity index (χ1) is 13.8. The highest BCUT2D eigenvalue weighted by Gasteiger charge is 2.37. The van der Waals surface area contributed by atoms with Gasteiger partial charge in [0.1, 0.15) is 0 Å². The summed E-state index contributed by atoms with van der Waals surface area (Å²) >= 11 is 0. The number of rotatable bonds is 7. The predicted molar refractivity (Wildman–Crippen MR) is 113 cm³/mol. The maximum atomic E-state index is 4.38. The highest BCUT2D eigenvalue weighted by molar-refractivity contribution is 5.79. The molecular formula is C23H27N5. The van der Waals surface area contributed by atoms with Gasteiger partial charge in [-0.2, -0.15) is 5.10 Å². The van der Waals surface area contributed by atoms with Crippen LogP contribution in [0.1, 0.15) is 29.0 Å². The lowest BCUT2D eigenvalue weighted by Crippen LogP contribution is -2.38. The Bertz CT molecular complexity index is 902. The summed E-state index contributed by atoms with van der Waals surface area (Å²) in [5.41, 5.74) is 3.97. The molecule has 3 aromatic rings. The number of aliphatic imine (C=N–C) groups is 1. The van der Waals surface area contributed by atoms with Crippen molar-refractivity contribution in [1.29, 1.82) is 0 Å². The van der Waals surface area contributed by atoms with Crippen molar-refractivity contribution < 1.29 is 0 Å². The van der Waals surface area contributed by atoms with Gasteiger partial charge in [-0.25, -0.2) is 0 Å². The van der Waals surface area contributed by atoms with E-state index in [4.69, 9.17) is 0 Å². The molecule has 0 spiro atoms. The minimum atomic E-state index is 0.682. The largest absolute Gasteiger partial charge is 0.356 e. The fourth-order valence-corrected chi connectivity index (χ4v) is 3.66. The summed E-state index contributed by atoms with van der Waals surface area (Å²) in [6.45, 7) is 2.47. The molecule has 1 saturated carbocycles. The first-order valence-corrected chi connectivity index (χ1v) is 9.87. The van der Waals surface area contributed by atoms with E-state index in [2.05, 4.69) is 75.3 Å². The van der Waals surface area contributed by atoms with Crippen LogP contribution in [0.15, 0.2) is 78.0 Å². The van der Waals surface area contributed by atoms with Crippen LogP contribution in [0.25, 0.3) is 0 Å². The average molecular weight is 374 g/mol. The predicted octanol–water partition coefficient (Wildman–Crippen LogP) is 3.40. The summed E-state index contributed by atoms with van der Waals surface area (Å²) in [6, 6.07) is 21.2. The van der Waals surface area contributed by atoms with Crippen LogP contribution in [0.5, 0.6) is 0 Å². The van der Waals surface area contributed by atoms with Gasteiger partial charge in [-0.3, -0.25) is 9.67 Å². The van der Waals surface area contributed by atoms with Crippen LogP contribution >= 0.6 is 0 Å². The number of aromatic nitrogens is 2. The Morgan fingerprint density at radius 1 is 1.04 bits per heavy atom. The average Bonchev–Trinajstić information content (AvgIpc) is 3.34. The van der Waals surface area contributed by atoms with Crippen LogP contribution < -0.4 is 10.6 Å². The van der Waals surface area contributed by atoms with Gasteiger partial charge in [-0.15, -0.1) is 0 Å². The first kappa shape index (κ1) is 18.3. The molecule has 0 bridgehead atoms. The highest BCUT2D eigenvalue weighted by Crippen LogP contribution is 2.46. The molecule has 2 unspecified atom stereocenters. The maximum absolute atomic E-state index is 4.38. The quantitative estimate of drug-likeness (QED) is 0.493. The number of benzene rings is 2. The molecule has 144 valence electrons. The van der Waals surface area contributed by atoms with Crippen molar-refractivity contribution in [1.82, 2.24) is 20.4 Å². The number of nitrogens with one attached hydrogen (secondary N) is 2. The molecule has 0 saturated heterocycles. The second kappa shape index (κ2) is 8.74. The molecule has 28 heavy (non-hydrogen) atoms. The fraction of sp³-hybridized carbons (Fsp3) is 0.304. The normalized spacial score (nSPS) is 18.7. The van der Waals surface area contributed by atoms with Crippen molar-refractivity contribution >= 4 is 5.96 Å². The molecule has 0 radical (unpaired) electrons. The number of hydrogen-bond acceptors (Lipinski definition) is 2. The zero-order chi connectivity index (χ0) is 19.2. The molecule has 2 aromatic carbocycles. The van der Waals surface area contributed by atoms with Crippen molar-refractivity contribution in [3.05, 3.63) is 89.7 Å². The van der Waals surface area contributed by atoms with E-state index in [1.165, 1.54) is 23.1 Å². The molecule has 1 heterocycles. The third kappa shape index (κ3) is 4.60. The third-order valence-corrected chi connectivity index (χ3v) is 5.36. The van der Waals surface area contributed by atoms with Gasteiger partial charge >= 0.3 is 0 Å². The van der Waals surface area contributed by atoms with Crippen LogP contribution in [0.2, 0.25) is 0 Å². The lowest BCUT2D eigenvalue weighted by atomic mass is 10.1. The van der Waals surface area contributed by atoms with Crippen LogP contribution in [0.3, 0.4) is 0 Å². The van der Waals surface area contributed by atoms with Gasteiger partial charge in [0.05, 0.1) is 6.54 Å². The fourth-order valence-electron chi connectivity index (χ4n) is 3.66. The Hall–Kier alpha value is -3.08. The van der Waals surface area contributed by atoms with Gasteiger partial charge in [0, 0.05) is 32.5 Å². The summed E-state index contributed by atoms with van der Waals surface area (Å²) in [6.07, 6.45) is 5.05. The van der Waals surface area contributed by atoms with Gasteiger partial charge in [-0.1, -0.05) is 54.6 Å². The molecule has 1 aromatic heterocycles. The lowest BCUT2D eigenvalue weighted by molar-refractivity contribution is 0.676. The van der Waals surface area contributed by atoms with Crippen molar-refractivity contribution in [3.63, 3.8) is 0 Å². The first-order valence-electron chi connectivity index (χ1n) is 9.87. The smallest absolute Gasteiger partial charge is 0.191 e. The molecule has 1 fully saturated rings. The van der Waals surface area contributed by atoms with Crippen molar-refractivity contribution in [2.24, 2.45) is 10.9 Å². The van der Waals surface area contributed by atoms with Gasteiger partial charge in [0.25, 0.3) is 0 Å². The molecule has 5 nitrogen and oxygen atoms in total. The highest BCUT2D eigenvalue weighted by atomic mass is 15.3. The number of hydrogen-bond donors (Lipinski definition) is 2. The SMILES string of the molecule is CN=C(NCc1ccccc1Cn1cccn1)NCC1CC1c1ccccc1. The Labute approximate surface area is 166 Å². The zero-order valence-electron chi connectivity index (χ0n) is 16.3. The topological polar surface area (TPSA) is 54.2 Å². The molecule has 2 atom stereocenters. The molecule has 5 heteroatoms. The Morgan fingerprint density at radius 3 is 2.57 bits per heavy atom. The summed E-state index contributed by atoms with van der Waals surface area (Å²) in [7, 11) is 1.83. The van der Waals surface area contributed by atoms with E-state index in [0.29, 0.717) is 11.8 Å². The number of nitrogens with zero attached hydrogens (tertiary/aromatic N) is 3. The van der Waals surface area contributed by atoms with Crippen LogP contribution in [0, 0.1) is 5.92 Å². The minimum absolute atomic E-state index is 0.682. The lowest BCUT2D eigenvalue weighted by Gasteiger charge is -2.14. The minimum Gasteiger partial charge on any atom is -0.356 e. The zero-order valence-corrected chi connectivity index (χ0v) is 16.3. The van der Waals surface area contributed by atoms with E-state index in [-0.39, 0.29) is 0 Å². The molecule has 1 aliphatic carbocycles. The van der Waals surface area contributed by atoms with Gasteiger partial charge in [0.15, 0.2) is 5.96 Å². The Morgan fingerprint density at radius 2 is 1.82 bits per heavy atom. The molecule has 1 aliphatic rings. The van der Waals surface area contributed by atoms with Crippen LogP contribution in [-0.2, 0) is 13.1 Å². The summed E-state index contributed by atoms with van der Waals surface area (Å²) in [4.78, 5) is 4.38. The Balaban J connectivity index is 1.28. The summed E-state index contributed by atoms with van der Waals surface area (Å²) in [5, 5.41) is 11.3. The molecule has 4 rings (SSSR count). The van der Waals surface area contributed by atoms with E-state index >= 15 is 0 Å². The Kier molecular flexibility index (Phi) is 5.71. The molecule has 0 aliphatic heterocycles. The second-order valence-corrected chi connectivity index (χ2v) is 7.29. The van der Waals surface area contributed by atoms with Gasteiger partial charge < -0.3 is 10.6 Å². The second-order valence-electron chi connectivity index (χ2n) is 7.29. The maximum Gasteiger partial charge on any atom is 0.191 e. The third-order valence-electron chi connectivity index (χ3n) is 5.36. The number of guanidine groups is 1. The van der Waals surface area contributed by atoms with Gasteiger partial charge in [-0.05, 0) is 41.0 Å². The van der Waals surface area contributed by atoms with E-state index in [1.54, 1.807) is 0 Å². The standard InChI is InChI=1S/C23H27N5/c1-24-23(26-16-21-14-22(21)18-8-3-2-4-9-18)25-15-19-10-5-6-11-20(19)17-28-13-7-12-27-28/h2-13,21-22H,14-17H2,1H3,(H2,24,25,26). The van der Waals surface area contributed by atoms with Crippen molar-refractivity contribution in [2.75, 3.05) is 13.6 Å². The molecule has 2 N–H and O–H groups in total. The van der Waals surface area contributed by atoms with Crippen LogP contribution in [-0.4, -0.2) is 29.3 Å². The molecule has 0 amide bonds. The van der Waals surface area contributed by atoms with E-state index in [0.717, 1.165) is 25.6 Å².